The zero-order chi connectivity index (χ0) is 23.8. The maximum absolute atomic E-state index is 13.7. The fraction of sp³-hybridized carbons (Fsp3) is 0.625. The van der Waals surface area contributed by atoms with Gasteiger partial charge in [-0.15, -0.1) is 11.8 Å². The lowest BCUT2D eigenvalue weighted by atomic mass is 9.83. The lowest BCUT2D eigenvalue weighted by molar-refractivity contribution is -0.150. The number of carbonyl (C=O) groups excluding carboxylic acids is 3. The summed E-state index contributed by atoms with van der Waals surface area (Å²) in [6, 6.07) is 6.26. The second kappa shape index (κ2) is 9.64. The maximum Gasteiger partial charge on any atom is 0.247 e. The maximum atomic E-state index is 13.7. The normalized spacial score (nSPS) is 29.5. The minimum absolute atomic E-state index is 0.0835. The number of hydrogen-bond acceptors (Lipinski definition) is 6. The molecule has 2 unspecified atom stereocenters. The smallest absolute Gasteiger partial charge is 0.247 e. The van der Waals surface area contributed by atoms with Crippen molar-refractivity contribution in [1.82, 2.24) is 20.9 Å². The average Bonchev–Trinajstić information content (AvgIpc) is 2.99. The number of nitrogens with one attached hydrogen (secondary N) is 3. The fourth-order valence-corrected chi connectivity index (χ4v) is 6.15. The summed E-state index contributed by atoms with van der Waals surface area (Å²) in [7, 11) is 1.70. The van der Waals surface area contributed by atoms with Gasteiger partial charge >= 0.3 is 0 Å². The van der Waals surface area contributed by atoms with Gasteiger partial charge in [0.1, 0.15) is 18.3 Å². The monoisotopic (exact) mass is 474 g/mol. The van der Waals surface area contributed by atoms with Crippen molar-refractivity contribution in [2.75, 3.05) is 19.4 Å². The SMILES string of the molecule is CNC(C)C(=O)N[C@H]1CCO[C@H]2CC(C)(C)[C@@H](C(=O)NC3CCSc4ccccc43)N2C1=O. The third kappa shape index (κ3) is 4.76. The molecule has 0 bridgehead atoms. The summed E-state index contributed by atoms with van der Waals surface area (Å²) in [5.41, 5.74) is 0.663. The molecule has 2 fully saturated rings. The van der Waals surface area contributed by atoms with Crippen molar-refractivity contribution in [3.05, 3.63) is 29.8 Å². The molecule has 0 saturated carbocycles. The van der Waals surface area contributed by atoms with Gasteiger partial charge in [-0.05, 0) is 43.9 Å². The van der Waals surface area contributed by atoms with E-state index < -0.39 is 29.8 Å². The highest BCUT2D eigenvalue weighted by atomic mass is 32.2. The molecule has 3 amide bonds. The first kappa shape index (κ1) is 24.0. The molecular formula is C24H34N4O4S. The second-order valence-electron chi connectivity index (χ2n) is 9.76. The summed E-state index contributed by atoms with van der Waals surface area (Å²) < 4.78 is 6.01. The van der Waals surface area contributed by atoms with Gasteiger partial charge in [0.25, 0.3) is 0 Å². The van der Waals surface area contributed by atoms with Crippen molar-refractivity contribution in [3.8, 4) is 0 Å². The molecule has 4 rings (SSSR count). The number of hydrogen-bond donors (Lipinski definition) is 3. The lowest BCUT2D eigenvalue weighted by Gasteiger charge is -2.35. The molecule has 8 nitrogen and oxygen atoms in total. The van der Waals surface area contributed by atoms with Gasteiger partial charge in [0.05, 0.1) is 18.7 Å². The average molecular weight is 475 g/mol. The van der Waals surface area contributed by atoms with Crippen LogP contribution < -0.4 is 16.0 Å². The molecule has 2 saturated heterocycles. The van der Waals surface area contributed by atoms with Crippen LogP contribution in [0.25, 0.3) is 0 Å². The van der Waals surface area contributed by atoms with Crippen LogP contribution in [-0.2, 0) is 19.1 Å². The van der Waals surface area contributed by atoms with Crippen molar-refractivity contribution in [2.45, 2.75) is 75.3 Å². The predicted molar refractivity (Wildman–Crippen MR) is 127 cm³/mol. The summed E-state index contributed by atoms with van der Waals surface area (Å²) in [5, 5.41) is 8.97. The lowest BCUT2D eigenvalue weighted by Crippen LogP contribution is -2.58. The second-order valence-corrected chi connectivity index (χ2v) is 10.9. The zero-order valence-electron chi connectivity index (χ0n) is 19.7. The standard InChI is InChI=1S/C24H34N4O4S/c1-14(25-4)21(29)27-17-9-11-32-19-13-24(2,3)20(28(19)23(17)31)22(30)26-16-10-12-33-18-8-6-5-7-15(16)18/h5-8,14,16-17,19-20,25H,9-13H2,1-4H3,(H,26,30)(H,27,29)/t14?,16?,17-,19-,20+/m0/s1. The van der Waals surface area contributed by atoms with Crippen molar-refractivity contribution < 1.29 is 19.1 Å². The molecule has 0 aliphatic carbocycles. The van der Waals surface area contributed by atoms with E-state index in [-0.39, 0.29) is 23.8 Å². The molecule has 0 aromatic heterocycles. The Morgan fingerprint density at radius 2 is 1.94 bits per heavy atom. The van der Waals surface area contributed by atoms with Crippen molar-refractivity contribution in [2.24, 2.45) is 5.41 Å². The third-order valence-electron chi connectivity index (χ3n) is 6.96. The van der Waals surface area contributed by atoms with E-state index in [9.17, 15) is 14.4 Å². The Kier molecular flexibility index (Phi) is 7.02. The number of rotatable bonds is 5. The molecule has 3 aliphatic rings. The van der Waals surface area contributed by atoms with Crippen molar-refractivity contribution in [1.29, 1.82) is 0 Å². The van der Waals surface area contributed by atoms with Gasteiger partial charge in [-0.25, -0.2) is 0 Å². The number of likely N-dealkylation sites (N-methyl/N-ethyl adjacent to an activating group) is 1. The number of benzene rings is 1. The molecule has 1 aromatic rings. The Balaban J connectivity index is 1.56. The van der Waals surface area contributed by atoms with Gasteiger partial charge in [-0.3, -0.25) is 14.4 Å². The van der Waals surface area contributed by atoms with Gasteiger partial charge in [0.2, 0.25) is 17.7 Å². The van der Waals surface area contributed by atoms with Crippen LogP contribution in [0.3, 0.4) is 0 Å². The van der Waals surface area contributed by atoms with E-state index in [0.29, 0.717) is 19.4 Å². The van der Waals surface area contributed by atoms with E-state index in [2.05, 4.69) is 28.1 Å². The van der Waals surface area contributed by atoms with Crippen LogP contribution in [0.1, 0.15) is 51.6 Å². The molecule has 9 heteroatoms. The van der Waals surface area contributed by atoms with E-state index in [1.54, 1.807) is 30.6 Å². The molecule has 3 heterocycles. The minimum atomic E-state index is -0.714. The van der Waals surface area contributed by atoms with Gasteiger partial charge < -0.3 is 25.6 Å². The molecule has 3 N–H and O–H groups in total. The first-order valence-electron chi connectivity index (χ1n) is 11.7. The van der Waals surface area contributed by atoms with E-state index in [1.165, 1.54) is 4.90 Å². The first-order chi connectivity index (χ1) is 15.7. The summed E-state index contributed by atoms with van der Waals surface area (Å²) in [6.07, 6.45) is 1.33. The number of nitrogens with zero attached hydrogens (tertiary/aromatic N) is 1. The van der Waals surface area contributed by atoms with E-state index in [1.807, 2.05) is 26.0 Å². The fourth-order valence-electron chi connectivity index (χ4n) is 5.02. The van der Waals surface area contributed by atoms with Gasteiger partial charge in [0.15, 0.2) is 0 Å². The predicted octanol–water partition coefficient (Wildman–Crippen LogP) is 1.81. The number of carbonyl (C=O) groups is 3. The van der Waals surface area contributed by atoms with E-state index in [0.717, 1.165) is 17.7 Å². The quantitative estimate of drug-likeness (QED) is 0.602. The molecule has 1 aromatic carbocycles. The molecule has 180 valence electrons. The minimum Gasteiger partial charge on any atom is -0.358 e. The van der Waals surface area contributed by atoms with Crippen LogP contribution in [0.4, 0.5) is 0 Å². The van der Waals surface area contributed by atoms with Crippen molar-refractivity contribution >= 4 is 29.5 Å². The number of fused-ring (bicyclic) bond motifs is 2. The Labute approximate surface area is 199 Å². The highest BCUT2D eigenvalue weighted by molar-refractivity contribution is 7.99. The Bertz CT molecular complexity index is 923. The molecular weight excluding hydrogens is 440 g/mol. The molecule has 0 radical (unpaired) electrons. The largest absolute Gasteiger partial charge is 0.358 e. The number of ether oxygens (including phenoxy) is 1. The van der Waals surface area contributed by atoms with Gasteiger partial charge in [-0.2, -0.15) is 0 Å². The van der Waals surface area contributed by atoms with Crippen LogP contribution in [-0.4, -0.2) is 66.4 Å². The summed E-state index contributed by atoms with van der Waals surface area (Å²) in [5.74, 6) is 0.272. The Morgan fingerprint density at radius 1 is 1.18 bits per heavy atom. The van der Waals surface area contributed by atoms with Gasteiger partial charge in [0, 0.05) is 17.1 Å². The summed E-state index contributed by atoms with van der Waals surface area (Å²) in [4.78, 5) is 42.5. The molecule has 5 atom stereocenters. The van der Waals surface area contributed by atoms with Crippen LogP contribution in [0.5, 0.6) is 0 Å². The zero-order valence-corrected chi connectivity index (χ0v) is 20.5. The summed E-state index contributed by atoms with van der Waals surface area (Å²) >= 11 is 1.80. The third-order valence-corrected chi connectivity index (χ3v) is 8.09. The van der Waals surface area contributed by atoms with Crippen LogP contribution in [0.2, 0.25) is 0 Å². The van der Waals surface area contributed by atoms with Crippen LogP contribution >= 0.6 is 11.8 Å². The summed E-state index contributed by atoms with van der Waals surface area (Å²) in [6.45, 7) is 6.10. The number of thioether (sulfide) groups is 1. The molecule has 3 aliphatic heterocycles. The van der Waals surface area contributed by atoms with Gasteiger partial charge in [-0.1, -0.05) is 32.0 Å². The van der Waals surface area contributed by atoms with E-state index >= 15 is 0 Å². The van der Waals surface area contributed by atoms with Crippen molar-refractivity contribution in [3.63, 3.8) is 0 Å². The Hall–Kier alpha value is -2.10. The molecule has 33 heavy (non-hydrogen) atoms. The highest BCUT2D eigenvalue weighted by Gasteiger charge is 2.55. The first-order valence-corrected chi connectivity index (χ1v) is 12.6. The van der Waals surface area contributed by atoms with Crippen LogP contribution in [0.15, 0.2) is 29.2 Å². The molecule has 0 spiro atoms. The number of amides is 3. The van der Waals surface area contributed by atoms with Crippen LogP contribution in [0, 0.1) is 5.41 Å². The highest BCUT2D eigenvalue weighted by Crippen LogP contribution is 2.43. The van der Waals surface area contributed by atoms with E-state index in [4.69, 9.17) is 4.74 Å². The topological polar surface area (TPSA) is 99.8 Å². The Morgan fingerprint density at radius 3 is 2.70 bits per heavy atom.